The first kappa shape index (κ1) is 18.6. The topological polar surface area (TPSA) is 83.5 Å². The molecule has 1 aromatic carbocycles. The molecule has 1 rings (SSSR count). The van der Waals surface area contributed by atoms with Gasteiger partial charge >= 0.3 is 35.5 Å². The van der Waals surface area contributed by atoms with Crippen LogP contribution in [-0.2, 0) is 14.9 Å². The van der Waals surface area contributed by atoms with Crippen LogP contribution in [0.4, 0.5) is 0 Å². The van der Waals surface area contributed by atoms with Crippen molar-refractivity contribution in [1.29, 1.82) is 0 Å². The van der Waals surface area contributed by atoms with E-state index in [0.717, 1.165) is 31.4 Å². The Bertz CT molecular complexity index is 495. The number of ether oxygens (including phenoxy) is 1. The number of benzene rings is 1. The number of carbonyl (C=O) groups excluding carboxylic acids is 1. The van der Waals surface area contributed by atoms with E-state index in [4.69, 9.17) is 4.74 Å². The van der Waals surface area contributed by atoms with Gasteiger partial charge in [-0.3, -0.25) is 4.79 Å². The van der Waals surface area contributed by atoms with Gasteiger partial charge in [0, 0.05) is 6.42 Å². The summed E-state index contributed by atoms with van der Waals surface area (Å²) in [6.07, 6.45) is 3.07. The first-order valence-corrected chi connectivity index (χ1v) is 7.11. The monoisotopic (exact) mass is 294 g/mol. The first-order valence-electron chi connectivity index (χ1n) is 5.70. The summed E-state index contributed by atoms with van der Waals surface area (Å²) in [7, 11) is -4.46. The second-order valence-corrected chi connectivity index (χ2v) is 5.24. The van der Waals surface area contributed by atoms with Gasteiger partial charge in [0.15, 0.2) is 0 Å². The molecule has 1 aromatic rings. The van der Waals surface area contributed by atoms with Gasteiger partial charge in [-0.25, -0.2) is 8.42 Å². The van der Waals surface area contributed by atoms with E-state index in [1.54, 1.807) is 0 Å². The van der Waals surface area contributed by atoms with Crippen LogP contribution in [0.3, 0.4) is 0 Å². The van der Waals surface area contributed by atoms with Crippen molar-refractivity contribution in [3.05, 3.63) is 24.3 Å². The zero-order chi connectivity index (χ0) is 13.6. The number of carbonyl (C=O) groups is 1. The van der Waals surface area contributed by atoms with E-state index in [1.165, 1.54) is 12.1 Å². The van der Waals surface area contributed by atoms with E-state index in [1.807, 2.05) is 6.92 Å². The molecule has 0 N–H and O–H groups in total. The van der Waals surface area contributed by atoms with Crippen LogP contribution in [0.25, 0.3) is 0 Å². The van der Waals surface area contributed by atoms with Gasteiger partial charge in [-0.05, 0) is 30.7 Å². The number of hydrogen-bond acceptors (Lipinski definition) is 5. The number of rotatable bonds is 6. The van der Waals surface area contributed by atoms with E-state index >= 15 is 0 Å². The standard InChI is InChI=1S/C12H16O5S.Na/c1-2-3-4-5-12(13)17-10-6-8-11(9-7-10)18(14,15)16;/h6-9H,2-5H2,1H3,(H,14,15,16);/q;+1/p-1. The molecule has 0 saturated carbocycles. The van der Waals surface area contributed by atoms with Crippen LogP contribution in [0.2, 0.25) is 0 Å². The maximum atomic E-state index is 11.4. The predicted molar refractivity (Wildman–Crippen MR) is 64.2 cm³/mol. The molecule has 0 amide bonds. The molecule has 0 fully saturated rings. The van der Waals surface area contributed by atoms with E-state index < -0.39 is 10.1 Å². The summed E-state index contributed by atoms with van der Waals surface area (Å²) in [4.78, 5) is 11.0. The Kier molecular flexibility index (Phi) is 8.52. The first-order chi connectivity index (χ1) is 8.43. The Morgan fingerprint density at radius 1 is 1.21 bits per heavy atom. The second-order valence-electron chi connectivity index (χ2n) is 3.86. The summed E-state index contributed by atoms with van der Waals surface area (Å²) in [5.41, 5.74) is 0. The Balaban J connectivity index is 0.00000324. The zero-order valence-corrected chi connectivity index (χ0v) is 13.9. The molecule has 100 valence electrons. The van der Waals surface area contributed by atoms with Crippen molar-refractivity contribution in [2.24, 2.45) is 0 Å². The fraction of sp³-hybridized carbons (Fsp3) is 0.417. The molecule has 19 heavy (non-hydrogen) atoms. The van der Waals surface area contributed by atoms with Crippen LogP contribution in [0.15, 0.2) is 29.2 Å². The molecule has 0 unspecified atom stereocenters. The van der Waals surface area contributed by atoms with Crippen molar-refractivity contribution in [3.63, 3.8) is 0 Å². The molecule has 0 aromatic heterocycles. The van der Waals surface area contributed by atoms with Gasteiger partial charge in [0.1, 0.15) is 15.9 Å². The summed E-state index contributed by atoms with van der Waals surface area (Å²) in [5, 5.41) is 0. The molecular weight excluding hydrogens is 279 g/mol. The van der Waals surface area contributed by atoms with Gasteiger partial charge in [-0.2, -0.15) is 0 Å². The summed E-state index contributed by atoms with van der Waals surface area (Å²) in [6.45, 7) is 2.04. The van der Waals surface area contributed by atoms with Crippen LogP contribution >= 0.6 is 0 Å². The van der Waals surface area contributed by atoms with Gasteiger partial charge in [0.2, 0.25) is 0 Å². The quantitative estimate of drug-likeness (QED) is 0.223. The van der Waals surface area contributed by atoms with Crippen LogP contribution in [-0.4, -0.2) is 18.9 Å². The molecule has 0 saturated heterocycles. The molecule has 0 aliphatic rings. The van der Waals surface area contributed by atoms with E-state index in [0.29, 0.717) is 6.42 Å². The van der Waals surface area contributed by atoms with Gasteiger partial charge in [-0.1, -0.05) is 19.8 Å². The van der Waals surface area contributed by atoms with Crippen molar-refractivity contribution in [2.45, 2.75) is 37.5 Å². The molecule has 0 bridgehead atoms. The maximum absolute atomic E-state index is 11.4. The Hall–Kier alpha value is -0.400. The number of unbranched alkanes of at least 4 members (excludes halogenated alkanes) is 2. The van der Waals surface area contributed by atoms with Crippen molar-refractivity contribution in [1.82, 2.24) is 0 Å². The van der Waals surface area contributed by atoms with Gasteiger partial charge in [0.25, 0.3) is 0 Å². The van der Waals surface area contributed by atoms with Crippen molar-refractivity contribution < 1.29 is 52.1 Å². The fourth-order valence-electron chi connectivity index (χ4n) is 1.38. The van der Waals surface area contributed by atoms with Gasteiger partial charge in [-0.15, -0.1) is 0 Å². The third kappa shape index (κ3) is 7.08. The minimum Gasteiger partial charge on any atom is -0.744 e. The van der Waals surface area contributed by atoms with Crippen LogP contribution in [0.1, 0.15) is 32.6 Å². The molecule has 0 aliphatic carbocycles. The van der Waals surface area contributed by atoms with Crippen molar-refractivity contribution in [2.75, 3.05) is 0 Å². The van der Waals surface area contributed by atoms with Crippen LogP contribution in [0, 0.1) is 0 Å². The van der Waals surface area contributed by atoms with Crippen molar-refractivity contribution in [3.8, 4) is 5.75 Å². The summed E-state index contributed by atoms with van der Waals surface area (Å²) < 4.78 is 37.0. The van der Waals surface area contributed by atoms with E-state index in [9.17, 15) is 17.8 Å². The van der Waals surface area contributed by atoms with E-state index in [2.05, 4.69) is 0 Å². The average molecular weight is 294 g/mol. The second kappa shape index (κ2) is 8.71. The fourth-order valence-corrected chi connectivity index (χ4v) is 1.85. The Morgan fingerprint density at radius 2 is 1.79 bits per heavy atom. The van der Waals surface area contributed by atoms with Crippen molar-refractivity contribution >= 4 is 16.1 Å². The molecule has 0 radical (unpaired) electrons. The Labute approximate surface area is 135 Å². The summed E-state index contributed by atoms with van der Waals surface area (Å²) in [5.74, 6) is -0.120. The van der Waals surface area contributed by atoms with Crippen LogP contribution < -0.4 is 34.3 Å². The predicted octanol–water partition coefficient (Wildman–Crippen LogP) is -0.920. The van der Waals surface area contributed by atoms with Gasteiger partial charge in [0.05, 0.1) is 4.90 Å². The molecule has 0 aliphatic heterocycles. The van der Waals surface area contributed by atoms with E-state index in [-0.39, 0.29) is 46.2 Å². The summed E-state index contributed by atoms with van der Waals surface area (Å²) >= 11 is 0. The zero-order valence-electron chi connectivity index (χ0n) is 11.1. The molecule has 5 nitrogen and oxygen atoms in total. The maximum Gasteiger partial charge on any atom is 1.00 e. The molecular formula is C12H15NaO5S. The average Bonchev–Trinajstić information content (AvgIpc) is 2.29. The van der Waals surface area contributed by atoms with Gasteiger partial charge < -0.3 is 9.29 Å². The molecule has 0 spiro atoms. The largest absolute Gasteiger partial charge is 1.00 e. The third-order valence-electron chi connectivity index (χ3n) is 2.33. The number of hydrogen-bond donors (Lipinski definition) is 0. The smallest absolute Gasteiger partial charge is 0.744 e. The molecule has 0 atom stereocenters. The summed E-state index contributed by atoms with van der Waals surface area (Å²) in [6, 6.07) is 4.83. The minimum atomic E-state index is -4.46. The molecule has 7 heteroatoms. The normalized spacial score (nSPS) is 10.6. The molecule has 0 heterocycles. The minimum absolute atomic E-state index is 0. The third-order valence-corrected chi connectivity index (χ3v) is 3.18. The number of esters is 1. The van der Waals surface area contributed by atoms with Crippen LogP contribution in [0.5, 0.6) is 5.75 Å². The SMILES string of the molecule is CCCCCC(=O)Oc1ccc(S(=O)(=O)[O-])cc1.[Na+]. The Morgan fingerprint density at radius 3 is 2.26 bits per heavy atom.